The monoisotopic (exact) mass is 412 g/mol. The van der Waals surface area contributed by atoms with Crippen LogP contribution in [0.25, 0.3) is 0 Å². The standard InChI is InChI=1S/C17H12ClF3N4O3/c1-9(23-15(22)10-3-2-4-11(7-10)17(19,20)21)24-16(26)13-8-12(18)5-6-14(13)25(27)28/h2-8H,1H3,(H2,22,23,24,26). The van der Waals surface area contributed by atoms with E-state index < -0.39 is 34.1 Å². The second-order valence-electron chi connectivity index (χ2n) is 5.50. The predicted molar refractivity (Wildman–Crippen MR) is 97.0 cm³/mol. The molecule has 0 bridgehead atoms. The molecule has 0 spiro atoms. The average Bonchev–Trinajstić information content (AvgIpc) is 2.60. The van der Waals surface area contributed by atoms with Crippen LogP contribution in [0.1, 0.15) is 28.4 Å². The Hall–Kier alpha value is -3.27. The minimum atomic E-state index is -4.57. The second kappa shape index (κ2) is 8.17. The van der Waals surface area contributed by atoms with E-state index >= 15 is 0 Å². The van der Waals surface area contributed by atoms with E-state index in [2.05, 4.69) is 10.3 Å². The number of benzene rings is 2. The Balaban J connectivity index is 2.23. The van der Waals surface area contributed by atoms with Crippen LogP contribution in [-0.4, -0.2) is 22.5 Å². The van der Waals surface area contributed by atoms with E-state index in [0.717, 1.165) is 30.3 Å². The molecule has 0 saturated heterocycles. The van der Waals surface area contributed by atoms with E-state index in [-0.39, 0.29) is 22.0 Å². The molecule has 0 aliphatic carbocycles. The smallest absolute Gasteiger partial charge is 0.310 e. The maximum absolute atomic E-state index is 12.8. The topological polar surface area (TPSA) is 108 Å². The molecule has 0 fully saturated rings. The van der Waals surface area contributed by atoms with Gasteiger partial charge >= 0.3 is 6.18 Å². The Morgan fingerprint density at radius 3 is 2.54 bits per heavy atom. The number of hydrogen-bond acceptors (Lipinski definition) is 4. The first kappa shape index (κ1) is 21.0. The van der Waals surface area contributed by atoms with Crippen LogP contribution >= 0.6 is 11.6 Å². The molecule has 0 atom stereocenters. The Kier molecular flexibility index (Phi) is 6.14. The summed E-state index contributed by atoms with van der Waals surface area (Å²) in [5, 5.41) is 21.2. The largest absolute Gasteiger partial charge is 0.416 e. The van der Waals surface area contributed by atoms with E-state index in [9.17, 15) is 28.1 Å². The van der Waals surface area contributed by atoms with Crippen molar-refractivity contribution >= 4 is 34.9 Å². The van der Waals surface area contributed by atoms with Crippen molar-refractivity contribution in [1.29, 1.82) is 5.41 Å². The van der Waals surface area contributed by atoms with Gasteiger partial charge in [0.15, 0.2) is 5.84 Å². The van der Waals surface area contributed by atoms with E-state index in [0.29, 0.717) is 0 Å². The lowest BCUT2D eigenvalue weighted by Gasteiger charge is -2.09. The van der Waals surface area contributed by atoms with Crippen molar-refractivity contribution in [2.75, 3.05) is 0 Å². The third-order valence-corrected chi connectivity index (χ3v) is 3.67. The Morgan fingerprint density at radius 1 is 1.25 bits per heavy atom. The molecule has 0 unspecified atom stereocenters. The second-order valence-corrected chi connectivity index (χ2v) is 5.93. The van der Waals surface area contributed by atoms with Crippen LogP contribution in [0.2, 0.25) is 5.02 Å². The van der Waals surface area contributed by atoms with Crippen molar-refractivity contribution < 1.29 is 22.9 Å². The number of nitrogens with one attached hydrogen (secondary N) is 2. The zero-order chi connectivity index (χ0) is 21.1. The van der Waals surface area contributed by atoms with Gasteiger partial charge in [0.2, 0.25) is 0 Å². The Morgan fingerprint density at radius 2 is 1.93 bits per heavy atom. The van der Waals surface area contributed by atoms with Crippen LogP contribution in [0.15, 0.2) is 47.5 Å². The lowest BCUT2D eigenvalue weighted by molar-refractivity contribution is -0.385. The number of rotatable bonds is 3. The number of aliphatic imine (C=N–C) groups is 1. The molecule has 0 radical (unpaired) electrons. The van der Waals surface area contributed by atoms with E-state index in [4.69, 9.17) is 17.0 Å². The van der Waals surface area contributed by atoms with Gasteiger partial charge in [-0.3, -0.25) is 20.3 Å². The highest BCUT2D eigenvalue weighted by atomic mass is 35.5. The lowest BCUT2D eigenvalue weighted by atomic mass is 10.1. The normalized spacial score (nSPS) is 11.8. The minimum absolute atomic E-state index is 0.0991. The molecule has 7 nitrogen and oxygen atoms in total. The van der Waals surface area contributed by atoms with Crippen molar-refractivity contribution in [2.24, 2.45) is 4.99 Å². The molecular formula is C17H12ClF3N4O3. The quantitative estimate of drug-likeness (QED) is 0.336. The zero-order valence-electron chi connectivity index (χ0n) is 14.2. The highest BCUT2D eigenvalue weighted by molar-refractivity contribution is 6.31. The summed E-state index contributed by atoms with van der Waals surface area (Å²) in [5.41, 5.74) is -1.86. The molecule has 0 aromatic heterocycles. The number of nitro benzene ring substituents is 1. The van der Waals surface area contributed by atoms with E-state index in [1.807, 2.05) is 0 Å². The number of hydrogen-bond donors (Lipinski definition) is 2. The van der Waals surface area contributed by atoms with Gasteiger partial charge in [-0.2, -0.15) is 13.2 Å². The first-order valence-corrected chi connectivity index (χ1v) is 7.93. The number of carbonyl (C=O) groups excluding carboxylic acids is 1. The average molecular weight is 413 g/mol. The summed E-state index contributed by atoms with van der Waals surface area (Å²) in [6, 6.07) is 7.41. The van der Waals surface area contributed by atoms with Gasteiger partial charge in [-0.25, -0.2) is 4.99 Å². The maximum atomic E-state index is 12.8. The lowest BCUT2D eigenvalue weighted by Crippen LogP contribution is -2.29. The van der Waals surface area contributed by atoms with Crippen LogP contribution in [-0.2, 0) is 6.18 Å². The molecule has 0 saturated carbocycles. The van der Waals surface area contributed by atoms with Gasteiger partial charge in [-0.05, 0) is 31.2 Å². The van der Waals surface area contributed by atoms with Gasteiger partial charge in [-0.1, -0.05) is 23.7 Å². The predicted octanol–water partition coefficient (Wildman–Crippen LogP) is 4.44. The van der Waals surface area contributed by atoms with Gasteiger partial charge in [0.25, 0.3) is 11.6 Å². The van der Waals surface area contributed by atoms with Crippen LogP contribution < -0.4 is 5.32 Å². The van der Waals surface area contributed by atoms with Crippen molar-refractivity contribution in [3.05, 3.63) is 74.3 Å². The summed E-state index contributed by atoms with van der Waals surface area (Å²) in [6.07, 6.45) is -4.57. The number of halogens is 4. The van der Waals surface area contributed by atoms with E-state index in [1.54, 1.807) is 0 Å². The number of carbonyl (C=O) groups is 1. The Labute approximate surface area is 161 Å². The number of nitro groups is 1. The molecule has 11 heteroatoms. The number of amides is 1. The molecule has 0 aliphatic heterocycles. The first-order chi connectivity index (χ1) is 13.0. The van der Waals surface area contributed by atoms with Crippen molar-refractivity contribution in [2.45, 2.75) is 13.1 Å². The zero-order valence-corrected chi connectivity index (χ0v) is 14.9. The third-order valence-electron chi connectivity index (χ3n) is 3.44. The molecule has 0 aliphatic rings. The van der Waals surface area contributed by atoms with E-state index in [1.165, 1.54) is 19.1 Å². The summed E-state index contributed by atoms with van der Waals surface area (Å²) in [4.78, 5) is 26.3. The summed E-state index contributed by atoms with van der Waals surface area (Å²) in [7, 11) is 0. The SMILES string of the molecule is CC(=NC(=N)c1cccc(C(F)(F)F)c1)NC(=O)c1cc(Cl)ccc1[N+](=O)[O-]. The minimum Gasteiger partial charge on any atom is -0.310 e. The number of amidine groups is 2. The molecule has 2 aromatic carbocycles. The van der Waals surface area contributed by atoms with Crippen LogP contribution in [0.5, 0.6) is 0 Å². The molecule has 146 valence electrons. The summed E-state index contributed by atoms with van der Waals surface area (Å²) >= 11 is 5.76. The van der Waals surface area contributed by atoms with Gasteiger partial charge in [0.1, 0.15) is 11.4 Å². The van der Waals surface area contributed by atoms with Gasteiger partial charge in [-0.15, -0.1) is 0 Å². The molecule has 28 heavy (non-hydrogen) atoms. The van der Waals surface area contributed by atoms with Crippen molar-refractivity contribution in [3.8, 4) is 0 Å². The highest BCUT2D eigenvalue weighted by Gasteiger charge is 2.30. The fraction of sp³-hybridized carbons (Fsp3) is 0.118. The summed E-state index contributed by atoms with van der Waals surface area (Å²) < 4.78 is 38.3. The van der Waals surface area contributed by atoms with Gasteiger partial charge in [0.05, 0.1) is 10.5 Å². The first-order valence-electron chi connectivity index (χ1n) is 7.56. The Bertz CT molecular complexity index is 990. The summed E-state index contributed by atoms with van der Waals surface area (Å²) in [6.45, 7) is 1.29. The molecule has 0 heterocycles. The van der Waals surface area contributed by atoms with Crippen molar-refractivity contribution in [3.63, 3.8) is 0 Å². The van der Waals surface area contributed by atoms with Crippen LogP contribution in [0, 0.1) is 15.5 Å². The van der Waals surface area contributed by atoms with Gasteiger partial charge < -0.3 is 5.32 Å². The molecule has 2 rings (SSSR count). The van der Waals surface area contributed by atoms with Crippen molar-refractivity contribution in [1.82, 2.24) is 5.32 Å². The third kappa shape index (κ3) is 5.13. The maximum Gasteiger partial charge on any atom is 0.416 e. The van der Waals surface area contributed by atoms with Crippen LogP contribution in [0.4, 0.5) is 18.9 Å². The fourth-order valence-electron chi connectivity index (χ4n) is 2.18. The van der Waals surface area contributed by atoms with Gasteiger partial charge in [0, 0.05) is 16.7 Å². The molecule has 2 N–H and O–H groups in total. The number of nitrogens with zero attached hydrogens (tertiary/aromatic N) is 2. The molecule has 1 amide bonds. The highest BCUT2D eigenvalue weighted by Crippen LogP contribution is 2.29. The number of alkyl halides is 3. The van der Waals surface area contributed by atoms with Crippen LogP contribution in [0.3, 0.4) is 0 Å². The molecule has 2 aromatic rings. The summed E-state index contributed by atoms with van der Waals surface area (Å²) in [5.74, 6) is -1.56. The molecular weight excluding hydrogens is 401 g/mol. The fourth-order valence-corrected chi connectivity index (χ4v) is 2.36.